The fourth-order valence-corrected chi connectivity index (χ4v) is 1.93. The van der Waals surface area contributed by atoms with E-state index in [4.69, 9.17) is 5.73 Å². The summed E-state index contributed by atoms with van der Waals surface area (Å²) in [4.78, 5) is 3.83. The SMILES string of the molecule is CN=C(N)N/N=C(/c1ccccc1)c1ccc(Br)cc1. The van der Waals surface area contributed by atoms with E-state index in [0.29, 0.717) is 0 Å². The molecule has 0 saturated heterocycles. The molecule has 0 heterocycles. The summed E-state index contributed by atoms with van der Waals surface area (Å²) >= 11 is 3.43. The van der Waals surface area contributed by atoms with Crippen LogP contribution in [0.15, 0.2) is 69.2 Å². The number of nitrogens with two attached hydrogens (primary N) is 1. The van der Waals surface area contributed by atoms with Crippen LogP contribution < -0.4 is 11.2 Å². The number of nitrogens with zero attached hydrogens (tertiary/aromatic N) is 2. The second-order valence-electron chi connectivity index (χ2n) is 4.05. The Bertz CT molecular complexity index is 618. The first kappa shape index (κ1) is 14.3. The maximum Gasteiger partial charge on any atom is 0.209 e. The van der Waals surface area contributed by atoms with Crippen LogP contribution in [-0.4, -0.2) is 18.7 Å². The van der Waals surface area contributed by atoms with E-state index in [1.165, 1.54) is 0 Å². The minimum absolute atomic E-state index is 0.274. The van der Waals surface area contributed by atoms with Crippen molar-refractivity contribution in [3.05, 3.63) is 70.2 Å². The Morgan fingerprint density at radius 1 is 1.00 bits per heavy atom. The molecule has 5 heteroatoms. The van der Waals surface area contributed by atoms with Gasteiger partial charge in [-0.1, -0.05) is 58.4 Å². The van der Waals surface area contributed by atoms with E-state index in [9.17, 15) is 0 Å². The van der Waals surface area contributed by atoms with Crippen molar-refractivity contribution in [2.24, 2.45) is 15.8 Å². The highest BCUT2D eigenvalue weighted by Crippen LogP contribution is 2.15. The van der Waals surface area contributed by atoms with Crippen molar-refractivity contribution in [1.82, 2.24) is 5.43 Å². The Balaban J connectivity index is 2.41. The average Bonchev–Trinajstić information content (AvgIpc) is 2.50. The summed E-state index contributed by atoms with van der Waals surface area (Å²) in [5.74, 6) is 0.274. The topological polar surface area (TPSA) is 62.8 Å². The summed E-state index contributed by atoms with van der Waals surface area (Å²) in [6.45, 7) is 0. The van der Waals surface area contributed by atoms with Crippen molar-refractivity contribution < 1.29 is 0 Å². The molecule has 20 heavy (non-hydrogen) atoms. The molecule has 0 amide bonds. The second-order valence-corrected chi connectivity index (χ2v) is 4.97. The van der Waals surface area contributed by atoms with E-state index in [-0.39, 0.29) is 5.96 Å². The van der Waals surface area contributed by atoms with E-state index in [1.54, 1.807) is 7.05 Å². The third-order valence-corrected chi connectivity index (χ3v) is 3.22. The van der Waals surface area contributed by atoms with Crippen molar-refractivity contribution in [2.75, 3.05) is 7.05 Å². The fraction of sp³-hybridized carbons (Fsp3) is 0.0667. The zero-order valence-corrected chi connectivity index (χ0v) is 12.6. The van der Waals surface area contributed by atoms with Gasteiger partial charge in [-0.05, 0) is 12.1 Å². The Kier molecular flexibility index (Phi) is 4.90. The molecule has 0 saturated carbocycles. The minimum atomic E-state index is 0.274. The lowest BCUT2D eigenvalue weighted by Gasteiger charge is -2.08. The number of nitrogens with one attached hydrogen (secondary N) is 1. The van der Waals surface area contributed by atoms with Gasteiger partial charge in [-0.2, -0.15) is 5.10 Å². The number of hydrazone groups is 1. The Morgan fingerprint density at radius 3 is 2.20 bits per heavy atom. The molecule has 4 nitrogen and oxygen atoms in total. The summed E-state index contributed by atoms with van der Waals surface area (Å²) in [5.41, 5.74) is 11.2. The highest BCUT2D eigenvalue weighted by atomic mass is 79.9. The molecule has 0 bridgehead atoms. The number of guanidine groups is 1. The van der Waals surface area contributed by atoms with Gasteiger partial charge in [0.25, 0.3) is 0 Å². The van der Waals surface area contributed by atoms with Gasteiger partial charge in [0.05, 0.1) is 5.71 Å². The number of aliphatic imine (C=N–C) groups is 1. The third-order valence-electron chi connectivity index (χ3n) is 2.69. The summed E-state index contributed by atoms with van der Waals surface area (Å²) in [6.07, 6.45) is 0. The van der Waals surface area contributed by atoms with Gasteiger partial charge in [0.15, 0.2) is 0 Å². The van der Waals surface area contributed by atoms with Gasteiger partial charge in [0, 0.05) is 22.6 Å². The molecule has 102 valence electrons. The first-order chi connectivity index (χ1) is 9.70. The highest BCUT2D eigenvalue weighted by molar-refractivity contribution is 9.10. The van der Waals surface area contributed by atoms with E-state index in [1.807, 2.05) is 54.6 Å². The van der Waals surface area contributed by atoms with E-state index in [2.05, 4.69) is 31.4 Å². The van der Waals surface area contributed by atoms with Crippen LogP contribution in [0.1, 0.15) is 11.1 Å². The molecule has 3 N–H and O–H groups in total. The number of hydrogen-bond donors (Lipinski definition) is 2. The van der Waals surface area contributed by atoms with Crippen molar-refractivity contribution in [3.8, 4) is 0 Å². The van der Waals surface area contributed by atoms with Crippen LogP contribution in [0.4, 0.5) is 0 Å². The highest BCUT2D eigenvalue weighted by Gasteiger charge is 2.07. The summed E-state index contributed by atoms with van der Waals surface area (Å²) in [5, 5.41) is 4.36. The number of benzene rings is 2. The predicted molar refractivity (Wildman–Crippen MR) is 86.9 cm³/mol. The van der Waals surface area contributed by atoms with Crippen LogP contribution in [0, 0.1) is 0 Å². The van der Waals surface area contributed by atoms with Crippen LogP contribution in [0.3, 0.4) is 0 Å². The Hall–Kier alpha value is -2.14. The van der Waals surface area contributed by atoms with Crippen LogP contribution in [-0.2, 0) is 0 Å². The van der Waals surface area contributed by atoms with Crippen LogP contribution >= 0.6 is 15.9 Å². The lowest BCUT2D eigenvalue weighted by molar-refractivity contribution is 0.999. The van der Waals surface area contributed by atoms with Gasteiger partial charge in [-0.3, -0.25) is 4.99 Å². The third kappa shape index (κ3) is 3.68. The average molecular weight is 331 g/mol. The van der Waals surface area contributed by atoms with Crippen molar-refractivity contribution in [1.29, 1.82) is 0 Å². The van der Waals surface area contributed by atoms with E-state index < -0.39 is 0 Å². The van der Waals surface area contributed by atoms with Crippen molar-refractivity contribution in [3.63, 3.8) is 0 Å². The molecule has 2 aromatic carbocycles. The first-order valence-corrected chi connectivity index (χ1v) is 6.87. The van der Waals surface area contributed by atoms with Gasteiger partial charge in [-0.15, -0.1) is 0 Å². The smallest absolute Gasteiger partial charge is 0.209 e. The quantitative estimate of drug-likeness (QED) is 0.516. The molecule has 0 unspecified atom stereocenters. The van der Waals surface area contributed by atoms with E-state index >= 15 is 0 Å². The number of halogens is 1. The molecule has 2 rings (SSSR count). The molecule has 0 fully saturated rings. The summed E-state index contributed by atoms with van der Waals surface area (Å²) < 4.78 is 1.02. The molecule has 0 aliphatic rings. The van der Waals surface area contributed by atoms with Crippen LogP contribution in [0.2, 0.25) is 0 Å². The van der Waals surface area contributed by atoms with Crippen LogP contribution in [0.25, 0.3) is 0 Å². The number of rotatable bonds is 3. The van der Waals surface area contributed by atoms with Gasteiger partial charge in [0.2, 0.25) is 5.96 Å². The van der Waals surface area contributed by atoms with Gasteiger partial charge >= 0.3 is 0 Å². The van der Waals surface area contributed by atoms with Crippen LogP contribution in [0.5, 0.6) is 0 Å². The normalized spacial score (nSPS) is 12.3. The molecule has 0 aliphatic carbocycles. The first-order valence-electron chi connectivity index (χ1n) is 6.08. The van der Waals surface area contributed by atoms with Crippen molar-refractivity contribution in [2.45, 2.75) is 0 Å². The molecule has 0 atom stereocenters. The summed E-state index contributed by atoms with van der Waals surface area (Å²) in [7, 11) is 1.61. The zero-order valence-electron chi connectivity index (χ0n) is 11.0. The maximum absolute atomic E-state index is 5.63. The molecule has 0 aromatic heterocycles. The lowest BCUT2D eigenvalue weighted by atomic mass is 10.0. The molecule has 2 aromatic rings. The lowest BCUT2D eigenvalue weighted by Crippen LogP contribution is -2.28. The molecule has 0 spiro atoms. The Morgan fingerprint density at radius 2 is 1.60 bits per heavy atom. The Labute approximate surface area is 126 Å². The van der Waals surface area contributed by atoms with Gasteiger partial charge < -0.3 is 5.73 Å². The minimum Gasteiger partial charge on any atom is -0.369 e. The predicted octanol–water partition coefficient (Wildman–Crippen LogP) is 2.74. The largest absolute Gasteiger partial charge is 0.369 e. The number of hydrogen-bond acceptors (Lipinski definition) is 2. The molecule has 0 radical (unpaired) electrons. The zero-order chi connectivity index (χ0) is 14.4. The monoisotopic (exact) mass is 330 g/mol. The molecule has 0 aliphatic heterocycles. The van der Waals surface area contributed by atoms with E-state index in [0.717, 1.165) is 21.3 Å². The van der Waals surface area contributed by atoms with Crippen molar-refractivity contribution >= 4 is 27.6 Å². The second kappa shape index (κ2) is 6.86. The van der Waals surface area contributed by atoms with Gasteiger partial charge in [0.1, 0.15) is 0 Å². The standard InChI is InChI=1S/C15H15BrN4/c1-18-15(17)20-19-14(11-5-3-2-4-6-11)12-7-9-13(16)10-8-12/h2-10H,1H3,(H3,17,18,20)/b19-14-. The molecular formula is C15H15BrN4. The molecular weight excluding hydrogens is 316 g/mol. The maximum atomic E-state index is 5.63. The van der Waals surface area contributed by atoms with Gasteiger partial charge in [-0.25, -0.2) is 5.43 Å². The fourth-order valence-electron chi connectivity index (χ4n) is 1.66. The summed E-state index contributed by atoms with van der Waals surface area (Å²) in [6, 6.07) is 17.9.